The van der Waals surface area contributed by atoms with Gasteiger partial charge in [0.2, 0.25) is 6.08 Å². The van der Waals surface area contributed by atoms with Crippen LogP contribution in [-0.4, -0.2) is 14.3 Å². The highest BCUT2D eigenvalue weighted by atomic mass is 28.3. The topological polar surface area (TPSA) is 29.4 Å². The Morgan fingerprint density at radius 1 is 1.62 bits per heavy atom. The predicted molar refractivity (Wildman–Crippen MR) is 36.1 cm³/mol. The summed E-state index contributed by atoms with van der Waals surface area (Å²) in [6.45, 7) is 6.13. The summed E-state index contributed by atoms with van der Waals surface area (Å²) in [5.74, 6) is 0. The summed E-state index contributed by atoms with van der Waals surface area (Å²) >= 11 is 0. The quantitative estimate of drug-likeness (QED) is 0.316. The molecule has 0 aromatic carbocycles. The molecule has 0 saturated carbocycles. The van der Waals surface area contributed by atoms with E-state index in [1.54, 1.807) is 6.08 Å². The van der Waals surface area contributed by atoms with Gasteiger partial charge in [-0.25, -0.2) is 9.45 Å². The first-order valence-corrected chi connectivity index (χ1v) is 5.87. The first-order valence-electron chi connectivity index (χ1n) is 2.71. The van der Waals surface area contributed by atoms with Gasteiger partial charge in [-0.2, -0.15) is 0 Å². The minimum absolute atomic E-state index is 1.02. The third-order valence-electron chi connectivity index (χ3n) is 1.21. The predicted octanol–water partition coefficient (Wildman–Crippen LogP) is 1.55. The van der Waals surface area contributed by atoms with Crippen molar-refractivity contribution in [1.82, 2.24) is 0 Å². The minimum atomic E-state index is -1.48. The van der Waals surface area contributed by atoms with E-state index in [2.05, 4.69) is 4.66 Å². The zero-order valence-corrected chi connectivity index (χ0v) is 6.56. The number of isocyanates is 1. The van der Waals surface area contributed by atoms with Gasteiger partial charge in [-0.3, -0.25) is 0 Å². The third kappa shape index (κ3) is 2.72. The Labute approximate surface area is 50.7 Å². The van der Waals surface area contributed by atoms with Crippen LogP contribution in [0.4, 0.5) is 0 Å². The van der Waals surface area contributed by atoms with Gasteiger partial charge in [0.25, 0.3) is 0 Å². The molecule has 0 N–H and O–H groups in total. The SMILES string of the molecule is CC[Si](C)(C)N=C=O. The van der Waals surface area contributed by atoms with Gasteiger partial charge in [-0.1, -0.05) is 6.92 Å². The lowest BCUT2D eigenvalue weighted by atomic mass is 11.0. The van der Waals surface area contributed by atoms with E-state index in [0.29, 0.717) is 0 Å². The minimum Gasteiger partial charge on any atom is -0.248 e. The van der Waals surface area contributed by atoms with Crippen molar-refractivity contribution in [2.45, 2.75) is 26.1 Å². The van der Waals surface area contributed by atoms with Crippen LogP contribution in [0.5, 0.6) is 0 Å². The molecule has 0 saturated heterocycles. The third-order valence-corrected chi connectivity index (χ3v) is 3.64. The Balaban J connectivity index is 3.90. The second kappa shape index (κ2) is 2.80. The molecule has 0 spiro atoms. The zero-order valence-electron chi connectivity index (χ0n) is 5.56. The van der Waals surface area contributed by atoms with Crippen LogP contribution in [0.3, 0.4) is 0 Å². The molecule has 0 heterocycles. The second-order valence-corrected chi connectivity index (χ2v) is 6.92. The summed E-state index contributed by atoms with van der Waals surface area (Å²) in [6.07, 6.45) is 1.60. The first kappa shape index (κ1) is 7.60. The fourth-order valence-electron chi connectivity index (χ4n) is 0.203. The molecule has 0 atom stereocenters. The van der Waals surface area contributed by atoms with Crippen molar-refractivity contribution in [3.05, 3.63) is 0 Å². The highest BCUT2D eigenvalue weighted by molar-refractivity contribution is 6.76. The molecule has 8 heavy (non-hydrogen) atoms. The van der Waals surface area contributed by atoms with E-state index in [1.807, 2.05) is 20.0 Å². The van der Waals surface area contributed by atoms with Crippen LogP contribution in [0.15, 0.2) is 4.66 Å². The van der Waals surface area contributed by atoms with Crippen molar-refractivity contribution in [1.29, 1.82) is 0 Å². The van der Waals surface area contributed by atoms with Crippen LogP contribution >= 0.6 is 0 Å². The molecule has 0 aromatic heterocycles. The summed E-state index contributed by atoms with van der Waals surface area (Å²) in [4.78, 5) is 9.72. The fourth-order valence-corrected chi connectivity index (χ4v) is 0.608. The molecule has 0 rings (SSSR count). The molecular formula is C5H11NOSi. The number of rotatable bonds is 2. The van der Waals surface area contributed by atoms with E-state index in [1.165, 1.54) is 0 Å². The highest BCUT2D eigenvalue weighted by Gasteiger charge is 2.15. The van der Waals surface area contributed by atoms with E-state index >= 15 is 0 Å². The van der Waals surface area contributed by atoms with Gasteiger partial charge in [0.1, 0.15) is 0 Å². The number of carbonyl (C=O) groups excluding carboxylic acids is 1. The van der Waals surface area contributed by atoms with E-state index in [9.17, 15) is 4.79 Å². The zero-order chi connectivity index (χ0) is 6.62. The van der Waals surface area contributed by atoms with Crippen molar-refractivity contribution >= 4 is 14.3 Å². The van der Waals surface area contributed by atoms with Crippen molar-refractivity contribution in [3.63, 3.8) is 0 Å². The lowest BCUT2D eigenvalue weighted by Crippen LogP contribution is -2.19. The van der Waals surface area contributed by atoms with Crippen LogP contribution < -0.4 is 0 Å². The van der Waals surface area contributed by atoms with Crippen LogP contribution in [0.2, 0.25) is 19.1 Å². The van der Waals surface area contributed by atoms with Crippen molar-refractivity contribution in [2.75, 3.05) is 0 Å². The normalized spacial score (nSPS) is 10.4. The summed E-state index contributed by atoms with van der Waals surface area (Å²) in [7, 11) is -1.48. The van der Waals surface area contributed by atoms with Gasteiger partial charge in [0.15, 0.2) is 8.24 Å². The Morgan fingerprint density at radius 2 is 2.12 bits per heavy atom. The molecule has 0 aromatic rings. The standard InChI is InChI=1S/C5H11NOSi/c1-4-8(2,3)6-5-7/h4H2,1-3H3. The van der Waals surface area contributed by atoms with Gasteiger partial charge >= 0.3 is 0 Å². The van der Waals surface area contributed by atoms with Crippen LogP contribution in [0, 0.1) is 0 Å². The maximum atomic E-state index is 9.72. The largest absolute Gasteiger partial charge is 0.248 e. The maximum absolute atomic E-state index is 9.72. The van der Waals surface area contributed by atoms with E-state index in [4.69, 9.17) is 0 Å². The van der Waals surface area contributed by atoms with Gasteiger partial charge < -0.3 is 0 Å². The van der Waals surface area contributed by atoms with E-state index < -0.39 is 8.24 Å². The van der Waals surface area contributed by atoms with E-state index in [-0.39, 0.29) is 0 Å². The summed E-state index contributed by atoms with van der Waals surface area (Å²) in [5, 5.41) is 0. The van der Waals surface area contributed by atoms with Gasteiger partial charge in [0, 0.05) is 0 Å². The monoisotopic (exact) mass is 129 g/mol. The maximum Gasteiger partial charge on any atom is 0.224 e. The number of hydrogen-bond donors (Lipinski definition) is 0. The molecule has 0 aliphatic carbocycles. The molecule has 0 radical (unpaired) electrons. The van der Waals surface area contributed by atoms with Gasteiger partial charge in [0.05, 0.1) is 0 Å². The van der Waals surface area contributed by atoms with Gasteiger partial charge in [-0.05, 0) is 19.1 Å². The average molecular weight is 129 g/mol. The molecule has 0 amide bonds. The molecule has 3 heteroatoms. The van der Waals surface area contributed by atoms with Crippen molar-refractivity contribution < 1.29 is 4.79 Å². The molecule has 0 bridgehead atoms. The molecular weight excluding hydrogens is 118 g/mol. The van der Waals surface area contributed by atoms with Crippen molar-refractivity contribution in [3.8, 4) is 0 Å². The lowest BCUT2D eigenvalue weighted by molar-refractivity contribution is 0.565. The molecule has 0 unspecified atom stereocenters. The van der Waals surface area contributed by atoms with Crippen molar-refractivity contribution in [2.24, 2.45) is 4.66 Å². The highest BCUT2D eigenvalue weighted by Crippen LogP contribution is 2.07. The molecule has 0 fully saturated rings. The van der Waals surface area contributed by atoms with E-state index in [0.717, 1.165) is 6.04 Å². The molecule has 0 aliphatic heterocycles. The van der Waals surface area contributed by atoms with Crippen LogP contribution in [0.25, 0.3) is 0 Å². The van der Waals surface area contributed by atoms with Gasteiger partial charge in [-0.15, -0.1) is 0 Å². The Kier molecular flexibility index (Phi) is 2.66. The number of nitrogens with zero attached hydrogens (tertiary/aromatic N) is 1. The molecule has 46 valence electrons. The second-order valence-electron chi connectivity index (χ2n) is 2.37. The first-order chi connectivity index (χ1) is 3.62. The Hall–Kier alpha value is -0.403. The summed E-state index contributed by atoms with van der Waals surface area (Å²) < 4.78 is 3.71. The molecule has 2 nitrogen and oxygen atoms in total. The van der Waals surface area contributed by atoms with Crippen LogP contribution in [0.1, 0.15) is 6.92 Å². The lowest BCUT2D eigenvalue weighted by Gasteiger charge is -2.08. The number of hydrogen-bond acceptors (Lipinski definition) is 2. The fraction of sp³-hybridized carbons (Fsp3) is 0.800. The Morgan fingerprint density at radius 3 is 2.25 bits per heavy atom. The summed E-state index contributed by atoms with van der Waals surface area (Å²) in [6, 6.07) is 1.02. The summed E-state index contributed by atoms with van der Waals surface area (Å²) in [5.41, 5.74) is 0. The molecule has 0 aliphatic rings. The van der Waals surface area contributed by atoms with Crippen LogP contribution in [-0.2, 0) is 4.79 Å². The Bertz CT molecular complexity index is 116. The smallest absolute Gasteiger partial charge is 0.224 e. The average Bonchev–Trinajstić information content (AvgIpc) is 1.67.